The van der Waals surface area contributed by atoms with Gasteiger partial charge >= 0.3 is 0 Å². The minimum absolute atomic E-state index is 0.000756. The van der Waals surface area contributed by atoms with Gasteiger partial charge in [-0.15, -0.1) is 0 Å². The largest absolute Gasteiger partial charge is 0.497 e. The van der Waals surface area contributed by atoms with E-state index in [2.05, 4.69) is 46.3 Å². The Labute approximate surface area is 176 Å². The van der Waals surface area contributed by atoms with Crippen molar-refractivity contribution < 1.29 is 9.47 Å². The van der Waals surface area contributed by atoms with Crippen LogP contribution in [0.5, 0.6) is 11.5 Å². The molecule has 1 aliphatic rings. The lowest BCUT2D eigenvalue weighted by atomic mass is 10.0. The highest BCUT2D eigenvalue weighted by atomic mass is 16.5. The fraction of sp³-hybridized carbons (Fsp3) is 0.682. The van der Waals surface area contributed by atoms with E-state index in [0.717, 1.165) is 50.2 Å². The minimum Gasteiger partial charge on any atom is -0.497 e. The van der Waals surface area contributed by atoms with Crippen molar-refractivity contribution in [1.29, 1.82) is 0 Å². The summed E-state index contributed by atoms with van der Waals surface area (Å²) < 4.78 is 11.2. The van der Waals surface area contributed by atoms with Crippen LogP contribution in [0.1, 0.15) is 20.8 Å². The number of nitrogens with zero attached hydrogens (tertiary/aromatic N) is 3. The van der Waals surface area contributed by atoms with E-state index in [-0.39, 0.29) is 6.10 Å². The van der Waals surface area contributed by atoms with Crippen molar-refractivity contribution in [3.8, 4) is 11.5 Å². The standard InChI is InChI=1S/C22H39N5O2/c1-17(2)21(27-12-10-26(5)11-13-27)16-25-22(23-4)24-15-18(3)29-20-9-7-8-19(14-20)28-6/h7-9,14,17-18,21H,10-13,15-16H2,1-6H3,(H2,23,24,25). The second-order valence-corrected chi connectivity index (χ2v) is 8.09. The zero-order valence-corrected chi connectivity index (χ0v) is 18.9. The van der Waals surface area contributed by atoms with E-state index in [1.165, 1.54) is 0 Å². The molecule has 7 heteroatoms. The Morgan fingerprint density at radius 3 is 2.34 bits per heavy atom. The first-order valence-corrected chi connectivity index (χ1v) is 10.6. The molecule has 1 aromatic rings. The van der Waals surface area contributed by atoms with Crippen LogP contribution in [0, 0.1) is 5.92 Å². The Balaban J connectivity index is 1.79. The summed E-state index contributed by atoms with van der Waals surface area (Å²) in [5.41, 5.74) is 0. The summed E-state index contributed by atoms with van der Waals surface area (Å²) in [6.07, 6.45) is -0.000756. The third-order valence-electron chi connectivity index (χ3n) is 5.41. The van der Waals surface area contributed by atoms with Crippen LogP contribution in [0.3, 0.4) is 0 Å². The van der Waals surface area contributed by atoms with Crippen LogP contribution in [0.2, 0.25) is 0 Å². The molecule has 0 radical (unpaired) electrons. The quantitative estimate of drug-likeness (QED) is 0.483. The van der Waals surface area contributed by atoms with Gasteiger partial charge in [0.2, 0.25) is 0 Å². The number of likely N-dealkylation sites (N-methyl/N-ethyl adjacent to an activating group) is 1. The van der Waals surface area contributed by atoms with E-state index in [4.69, 9.17) is 9.47 Å². The number of piperazine rings is 1. The van der Waals surface area contributed by atoms with Crippen molar-refractivity contribution in [2.75, 3.05) is 60.5 Å². The number of hydrogen-bond donors (Lipinski definition) is 2. The number of aliphatic imine (C=N–C) groups is 1. The Bertz CT molecular complexity index is 629. The Morgan fingerprint density at radius 1 is 1.07 bits per heavy atom. The van der Waals surface area contributed by atoms with Gasteiger partial charge in [0.15, 0.2) is 5.96 Å². The van der Waals surface area contributed by atoms with Crippen molar-refractivity contribution in [3.05, 3.63) is 24.3 Å². The van der Waals surface area contributed by atoms with E-state index in [1.807, 2.05) is 38.2 Å². The van der Waals surface area contributed by atoms with Crippen molar-refractivity contribution in [1.82, 2.24) is 20.4 Å². The summed E-state index contributed by atoms with van der Waals surface area (Å²) >= 11 is 0. The maximum Gasteiger partial charge on any atom is 0.191 e. The number of methoxy groups -OCH3 is 1. The van der Waals surface area contributed by atoms with E-state index in [9.17, 15) is 0 Å². The molecular weight excluding hydrogens is 366 g/mol. The van der Waals surface area contributed by atoms with E-state index >= 15 is 0 Å². The molecule has 1 aliphatic heterocycles. The van der Waals surface area contributed by atoms with Gasteiger partial charge in [-0.2, -0.15) is 0 Å². The van der Waals surface area contributed by atoms with Gasteiger partial charge in [0, 0.05) is 51.9 Å². The van der Waals surface area contributed by atoms with E-state index in [1.54, 1.807) is 7.11 Å². The van der Waals surface area contributed by atoms with Crippen LogP contribution < -0.4 is 20.1 Å². The topological polar surface area (TPSA) is 61.4 Å². The highest BCUT2D eigenvalue weighted by molar-refractivity contribution is 5.79. The van der Waals surface area contributed by atoms with Crippen molar-refractivity contribution in [2.24, 2.45) is 10.9 Å². The fourth-order valence-corrected chi connectivity index (χ4v) is 3.55. The highest BCUT2D eigenvalue weighted by Crippen LogP contribution is 2.19. The average Bonchev–Trinajstić information content (AvgIpc) is 2.71. The molecule has 7 nitrogen and oxygen atoms in total. The van der Waals surface area contributed by atoms with Crippen molar-refractivity contribution >= 4 is 5.96 Å². The van der Waals surface area contributed by atoms with Crippen LogP contribution in [0.25, 0.3) is 0 Å². The van der Waals surface area contributed by atoms with Crippen molar-refractivity contribution in [3.63, 3.8) is 0 Å². The van der Waals surface area contributed by atoms with Crippen LogP contribution >= 0.6 is 0 Å². The SMILES string of the molecule is CN=C(NCC(C)Oc1cccc(OC)c1)NCC(C(C)C)N1CCN(C)CC1. The molecule has 164 valence electrons. The van der Waals surface area contributed by atoms with E-state index in [0.29, 0.717) is 18.5 Å². The predicted octanol–water partition coefficient (Wildman–Crippen LogP) is 1.90. The molecule has 29 heavy (non-hydrogen) atoms. The first kappa shape index (κ1) is 23.3. The number of ether oxygens (including phenoxy) is 2. The number of guanidine groups is 1. The molecule has 1 heterocycles. The van der Waals surface area contributed by atoms with Crippen LogP contribution in [-0.4, -0.2) is 88.4 Å². The minimum atomic E-state index is -0.000756. The van der Waals surface area contributed by atoms with Crippen LogP contribution in [0.4, 0.5) is 0 Å². The molecule has 2 unspecified atom stereocenters. The summed E-state index contributed by atoms with van der Waals surface area (Å²) in [6, 6.07) is 8.17. The van der Waals surface area contributed by atoms with E-state index < -0.39 is 0 Å². The second kappa shape index (κ2) is 11.9. The Kier molecular flexibility index (Phi) is 9.54. The monoisotopic (exact) mass is 405 g/mol. The van der Waals surface area contributed by atoms with Crippen LogP contribution in [-0.2, 0) is 0 Å². The molecule has 1 fully saturated rings. The lowest BCUT2D eigenvalue weighted by Gasteiger charge is -2.40. The smallest absolute Gasteiger partial charge is 0.191 e. The lowest BCUT2D eigenvalue weighted by Crippen LogP contribution is -2.55. The van der Waals surface area contributed by atoms with Gasteiger partial charge < -0.3 is 25.0 Å². The molecule has 0 spiro atoms. The molecule has 2 atom stereocenters. The molecular formula is C22H39N5O2. The molecule has 1 aromatic carbocycles. The van der Waals surface area contributed by atoms with Gasteiger partial charge in [0.1, 0.15) is 17.6 Å². The number of benzene rings is 1. The van der Waals surface area contributed by atoms with Gasteiger partial charge in [0.25, 0.3) is 0 Å². The van der Waals surface area contributed by atoms with Crippen LogP contribution in [0.15, 0.2) is 29.3 Å². The van der Waals surface area contributed by atoms with Gasteiger partial charge in [-0.1, -0.05) is 19.9 Å². The third kappa shape index (κ3) is 7.74. The zero-order chi connectivity index (χ0) is 21.2. The number of rotatable bonds is 9. The molecule has 1 saturated heterocycles. The summed E-state index contributed by atoms with van der Waals surface area (Å²) in [4.78, 5) is 9.37. The molecule has 0 saturated carbocycles. The molecule has 2 rings (SSSR count). The first-order valence-electron chi connectivity index (χ1n) is 10.6. The number of nitrogens with one attached hydrogen (secondary N) is 2. The lowest BCUT2D eigenvalue weighted by molar-refractivity contribution is 0.0899. The number of hydrogen-bond acceptors (Lipinski definition) is 5. The third-order valence-corrected chi connectivity index (χ3v) is 5.41. The molecule has 0 amide bonds. The van der Waals surface area contributed by atoms with Gasteiger partial charge in [-0.25, -0.2) is 0 Å². The molecule has 0 aliphatic carbocycles. The molecule has 0 aromatic heterocycles. The maximum absolute atomic E-state index is 5.98. The Hall–Kier alpha value is -1.99. The molecule has 2 N–H and O–H groups in total. The summed E-state index contributed by atoms with van der Waals surface area (Å²) in [7, 11) is 5.66. The van der Waals surface area contributed by atoms with Gasteiger partial charge in [0.05, 0.1) is 13.7 Å². The zero-order valence-electron chi connectivity index (χ0n) is 18.9. The van der Waals surface area contributed by atoms with Crippen molar-refractivity contribution in [2.45, 2.75) is 32.9 Å². The Morgan fingerprint density at radius 2 is 1.72 bits per heavy atom. The maximum atomic E-state index is 5.98. The second-order valence-electron chi connectivity index (χ2n) is 8.09. The molecule has 0 bridgehead atoms. The highest BCUT2D eigenvalue weighted by Gasteiger charge is 2.25. The fourth-order valence-electron chi connectivity index (χ4n) is 3.55. The first-order chi connectivity index (χ1) is 13.9. The van der Waals surface area contributed by atoms with Gasteiger partial charge in [-0.05, 0) is 32.0 Å². The summed E-state index contributed by atoms with van der Waals surface area (Å²) in [5, 5.41) is 6.88. The predicted molar refractivity (Wildman–Crippen MR) is 120 cm³/mol. The summed E-state index contributed by atoms with van der Waals surface area (Å²) in [5.74, 6) is 2.99. The van der Waals surface area contributed by atoms with Gasteiger partial charge in [-0.3, -0.25) is 9.89 Å². The average molecular weight is 406 g/mol. The summed E-state index contributed by atoms with van der Waals surface area (Å²) in [6.45, 7) is 12.7. The normalized spacial score (nSPS) is 18.4.